The van der Waals surface area contributed by atoms with Gasteiger partial charge in [-0.15, -0.1) is 10.1 Å². The van der Waals surface area contributed by atoms with E-state index in [1.54, 1.807) is 28.2 Å². The van der Waals surface area contributed by atoms with Gasteiger partial charge in [0.15, 0.2) is 0 Å². The van der Waals surface area contributed by atoms with Gasteiger partial charge in [0.05, 0.1) is 0 Å². The van der Waals surface area contributed by atoms with Crippen LogP contribution in [-0.4, -0.2) is 44.5 Å². The first-order chi connectivity index (χ1) is 4.52. The fourth-order valence-electron chi connectivity index (χ4n) is 0.315. The minimum absolute atomic E-state index is 0.741. The summed E-state index contributed by atoms with van der Waals surface area (Å²) in [5.41, 5.74) is 0. The molecule has 10 heavy (non-hydrogen) atoms. The summed E-state index contributed by atoms with van der Waals surface area (Å²) < 4.78 is 0. The topological polar surface area (TPSA) is 42.0 Å². The van der Waals surface area contributed by atoms with Crippen molar-refractivity contribution in [3.8, 4) is 0 Å². The molecule has 0 bridgehead atoms. The Kier molecular flexibility index (Phi) is 3.75. The van der Waals surface area contributed by atoms with Gasteiger partial charge in [0.2, 0.25) is 0 Å². The molecule has 0 aromatic carbocycles. The Hall–Kier alpha value is -0.810. The number of hydroxylamine groups is 4. The lowest BCUT2D eigenvalue weighted by Crippen LogP contribution is -2.24. The summed E-state index contributed by atoms with van der Waals surface area (Å²) in [4.78, 5) is 19.5. The Labute approximate surface area is 60.0 Å². The van der Waals surface area contributed by atoms with Gasteiger partial charge in [-0.2, -0.15) is 4.79 Å². The predicted octanol–water partition coefficient (Wildman–Crippen LogP) is 0.0928. The van der Waals surface area contributed by atoms with Gasteiger partial charge in [-0.1, -0.05) is 0 Å². The fourth-order valence-corrected chi connectivity index (χ4v) is 0.315. The van der Waals surface area contributed by atoms with E-state index in [1.807, 2.05) is 0 Å². The molecule has 0 amide bonds. The highest BCUT2D eigenvalue weighted by Gasteiger charge is 2.06. The minimum Gasteiger partial charge on any atom is -0.335 e. The molecule has 0 saturated carbocycles. The lowest BCUT2D eigenvalue weighted by atomic mass is 11.2. The van der Waals surface area contributed by atoms with E-state index in [9.17, 15) is 4.79 Å². The Morgan fingerprint density at radius 3 is 1.50 bits per heavy atom. The van der Waals surface area contributed by atoms with E-state index in [4.69, 9.17) is 0 Å². The summed E-state index contributed by atoms with van der Waals surface area (Å²) in [5.74, 6) is 0. The molecular weight excluding hydrogens is 136 g/mol. The van der Waals surface area contributed by atoms with Gasteiger partial charge in [-0.25, -0.2) is 0 Å². The monoisotopic (exact) mass is 148 g/mol. The molecule has 0 N–H and O–H groups in total. The number of nitrogens with zero attached hydrogens (tertiary/aromatic N) is 2. The predicted molar refractivity (Wildman–Crippen MR) is 34.9 cm³/mol. The average Bonchev–Trinajstić information content (AvgIpc) is 1.58. The van der Waals surface area contributed by atoms with Gasteiger partial charge in [0.25, 0.3) is 0 Å². The largest absolute Gasteiger partial charge is 0.547 e. The van der Waals surface area contributed by atoms with Crippen molar-refractivity contribution < 1.29 is 14.5 Å². The van der Waals surface area contributed by atoms with Crippen LogP contribution < -0.4 is 0 Å². The number of hydrogen-bond donors (Lipinski definition) is 0. The molecule has 0 aromatic heterocycles. The van der Waals surface area contributed by atoms with Crippen molar-refractivity contribution in [1.82, 2.24) is 10.1 Å². The second-order valence-electron chi connectivity index (χ2n) is 2.06. The zero-order chi connectivity index (χ0) is 8.15. The molecule has 60 valence electrons. The molecule has 0 rings (SSSR count). The quantitative estimate of drug-likeness (QED) is 0.519. The van der Waals surface area contributed by atoms with Crippen molar-refractivity contribution in [3.05, 3.63) is 0 Å². The van der Waals surface area contributed by atoms with Gasteiger partial charge in [-0.3, -0.25) is 0 Å². The van der Waals surface area contributed by atoms with E-state index in [0.717, 1.165) is 0 Å². The first-order valence-electron chi connectivity index (χ1n) is 2.77. The third-order valence-corrected chi connectivity index (χ3v) is 0.514. The van der Waals surface area contributed by atoms with Crippen molar-refractivity contribution in [3.63, 3.8) is 0 Å². The van der Waals surface area contributed by atoms with Crippen LogP contribution in [-0.2, 0) is 9.68 Å². The first-order valence-corrected chi connectivity index (χ1v) is 2.77. The van der Waals surface area contributed by atoms with Gasteiger partial charge in [0, 0.05) is 28.2 Å². The van der Waals surface area contributed by atoms with Crippen molar-refractivity contribution >= 4 is 6.16 Å². The SMILES string of the molecule is CN(C)OC(=O)ON(C)C. The third-order valence-electron chi connectivity index (χ3n) is 0.514. The molecule has 0 unspecified atom stereocenters. The highest BCUT2D eigenvalue weighted by Crippen LogP contribution is 1.87. The van der Waals surface area contributed by atoms with Crippen LogP contribution in [0.2, 0.25) is 0 Å². The molecule has 0 atom stereocenters. The smallest absolute Gasteiger partial charge is 0.335 e. The van der Waals surface area contributed by atoms with Crippen LogP contribution in [0.4, 0.5) is 4.79 Å². The molecule has 5 nitrogen and oxygen atoms in total. The Balaban J connectivity index is 3.44. The Morgan fingerprint density at radius 2 is 1.30 bits per heavy atom. The lowest BCUT2D eigenvalue weighted by Gasteiger charge is -2.12. The molecule has 0 fully saturated rings. The van der Waals surface area contributed by atoms with Crippen molar-refractivity contribution in [2.45, 2.75) is 0 Å². The summed E-state index contributed by atoms with van der Waals surface area (Å²) in [7, 11) is 6.38. The van der Waals surface area contributed by atoms with E-state index in [1.165, 1.54) is 10.1 Å². The molecule has 0 aliphatic carbocycles. The van der Waals surface area contributed by atoms with Gasteiger partial charge >= 0.3 is 6.16 Å². The molecule has 0 heterocycles. The van der Waals surface area contributed by atoms with Gasteiger partial charge in [-0.05, 0) is 0 Å². The average molecular weight is 148 g/mol. The zero-order valence-corrected chi connectivity index (χ0v) is 6.62. The van der Waals surface area contributed by atoms with Crippen LogP contribution in [0, 0.1) is 0 Å². The summed E-state index contributed by atoms with van der Waals surface area (Å²) >= 11 is 0. The number of rotatable bonds is 2. The standard InChI is InChI=1S/C5H12N2O3/c1-6(2)9-5(8)10-7(3)4/h1-4H3. The first kappa shape index (κ1) is 9.19. The van der Waals surface area contributed by atoms with Crippen LogP contribution in [0.3, 0.4) is 0 Å². The molecule has 0 saturated heterocycles. The van der Waals surface area contributed by atoms with Crippen molar-refractivity contribution in [2.75, 3.05) is 28.2 Å². The van der Waals surface area contributed by atoms with Crippen molar-refractivity contribution in [1.29, 1.82) is 0 Å². The van der Waals surface area contributed by atoms with E-state index < -0.39 is 6.16 Å². The zero-order valence-electron chi connectivity index (χ0n) is 6.62. The van der Waals surface area contributed by atoms with Crippen LogP contribution in [0.1, 0.15) is 0 Å². The maximum Gasteiger partial charge on any atom is 0.547 e. The Bertz CT molecular complexity index is 101. The summed E-state index contributed by atoms with van der Waals surface area (Å²) in [5, 5.41) is 2.51. The van der Waals surface area contributed by atoms with Crippen LogP contribution in [0.15, 0.2) is 0 Å². The highest BCUT2D eigenvalue weighted by atomic mass is 16.9. The van der Waals surface area contributed by atoms with Gasteiger partial charge < -0.3 is 9.68 Å². The molecular formula is C5H12N2O3. The molecule has 5 heteroatoms. The van der Waals surface area contributed by atoms with Crippen molar-refractivity contribution in [2.24, 2.45) is 0 Å². The maximum absolute atomic E-state index is 10.5. The minimum atomic E-state index is -0.741. The maximum atomic E-state index is 10.5. The molecule has 0 spiro atoms. The number of carbonyl (C=O) groups excluding carboxylic acids is 1. The second-order valence-corrected chi connectivity index (χ2v) is 2.06. The summed E-state index contributed by atoms with van der Waals surface area (Å²) in [6, 6.07) is 0. The van der Waals surface area contributed by atoms with Gasteiger partial charge in [0.1, 0.15) is 0 Å². The number of carbonyl (C=O) groups is 1. The van der Waals surface area contributed by atoms with Crippen LogP contribution >= 0.6 is 0 Å². The fraction of sp³-hybridized carbons (Fsp3) is 0.800. The number of hydrogen-bond acceptors (Lipinski definition) is 5. The van der Waals surface area contributed by atoms with E-state index in [2.05, 4.69) is 9.68 Å². The normalized spacial score (nSPS) is 10.2. The Morgan fingerprint density at radius 1 is 1.00 bits per heavy atom. The second kappa shape index (κ2) is 4.08. The molecule has 0 aliphatic rings. The highest BCUT2D eigenvalue weighted by molar-refractivity contribution is 5.58. The van der Waals surface area contributed by atoms with Crippen LogP contribution in [0.5, 0.6) is 0 Å². The van der Waals surface area contributed by atoms with Crippen LogP contribution in [0.25, 0.3) is 0 Å². The summed E-state index contributed by atoms with van der Waals surface area (Å²) in [6.07, 6.45) is -0.741. The summed E-state index contributed by atoms with van der Waals surface area (Å²) in [6.45, 7) is 0. The van der Waals surface area contributed by atoms with E-state index in [0.29, 0.717) is 0 Å². The lowest BCUT2D eigenvalue weighted by molar-refractivity contribution is -0.152. The molecule has 0 radical (unpaired) electrons. The van der Waals surface area contributed by atoms with E-state index >= 15 is 0 Å². The third kappa shape index (κ3) is 5.33. The van der Waals surface area contributed by atoms with E-state index in [-0.39, 0.29) is 0 Å². The molecule has 0 aliphatic heterocycles. The molecule has 0 aromatic rings.